The summed E-state index contributed by atoms with van der Waals surface area (Å²) in [5.41, 5.74) is 2.09. The van der Waals surface area contributed by atoms with Crippen LogP contribution in [0.15, 0.2) is 54.6 Å². The minimum Gasteiger partial charge on any atom is -0.466 e. The fraction of sp³-hybridized carbons (Fsp3) is 0.250. The van der Waals surface area contributed by atoms with E-state index in [1.165, 1.54) is 0 Å². The lowest BCUT2D eigenvalue weighted by Crippen LogP contribution is -2.22. The van der Waals surface area contributed by atoms with Crippen molar-refractivity contribution in [1.29, 1.82) is 0 Å². The molecule has 26 heavy (non-hydrogen) atoms. The average Bonchev–Trinajstić information content (AvgIpc) is 2.66. The van der Waals surface area contributed by atoms with E-state index in [9.17, 15) is 14.4 Å². The maximum atomic E-state index is 12.1. The Bertz CT molecular complexity index is 742. The van der Waals surface area contributed by atoms with E-state index in [-0.39, 0.29) is 24.7 Å². The van der Waals surface area contributed by atoms with Crippen molar-refractivity contribution in [1.82, 2.24) is 5.32 Å². The number of hydrogen-bond acceptors (Lipinski definition) is 4. The van der Waals surface area contributed by atoms with Gasteiger partial charge in [0, 0.05) is 24.2 Å². The van der Waals surface area contributed by atoms with E-state index in [0.717, 1.165) is 5.56 Å². The largest absolute Gasteiger partial charge is 0.466 e. The van der Waals surface area contributed by atoms with Crippen molar-refractivity contribution in [3.05, 3.63) is 65.7 Å². The van der Waals surface area contributed by atoms with Gasteiger partial charge in [-0.05, 0) is 36.8 Å². The van der Waals surface area contributed by atoms with Gasteiger partial charge in [0.25, 0.3) is 5.91 Å². The molecule has 0 unspecified atom stereocenters. The van der Waals surface area contributed by atoms with Crippen LogP contribution in [0, 0.1) is 0 Å². The highest BCUT2D eigenvalue weighted by atomic mass is 16.5. The van der Waals surface area contributed by atoms with E-state index >= 15 is 0 Å². The molecule has 0 aliphatic carbocycles. The molecule has 2 aromatic rings. The van der Waals surface area contributed by atoms with Crippen LogP contribution in [-0.2, 0) is 20.9 Å². The Balaban J connectivity index is 1.80. The molecule has 2 amide bonds. The first-order valence-electron chi connectivity index (χ1n) is 8.46. The number of ether oxygens (including phenoxy) is 1. The number of benzene rings is 2. The molecule has 6 heteroatoms. The highest BCUT2D eigenvalue weighted by Gasteiger charge is 2.09. The Morgan fingerprint density at radius 3 is 2.27 bits per heavy atom. The van der Waals surface area contributed by atoms with E-state index in [4.69, 9.17) is 4.74 Å². The van der Waals surface area contributed by atoms with Crippen molar-refractivity contribution in [3.8, 4) is 0 Å². The van der Waals surface area contributed by atoms with Gasteiger partial charge in [0.2, 0.25) is 5.91 Å². The smallest absolute Gasteiger partial charge is 0.306 e. The molecule has 0 aliphatic heterocycles. The van der Waals surface area contributed by atoms with Crippen molar-refractivity contribution in [2.24, 2.45) is 0 Å². The zero-order valence-corrected chi connectivity index (χ0v) is 14.7. The van der Waals surface area contributed by atoms with Gasteiger partial charge in [-0.1, -0.05) is 30.3 Å². The van der Waals surface area contributed by atoms with E-state index in [1.54, 1.807) is 31.2 Å². The van der Waals surface area contributed by atoms with Gasteiger partial charge in [0.15, 0.2) is 0 Å². The van der Waals surface area contributed by atoms with Crippen molar-refractivity contribution in [2.45, 2.75) is 26.3 Å². The molecule has 0 fully saturated rings. The van der Waals surface area contributed by atoms with Crippen LogP contribution in [0.5, 0.6) is 0 Å². The summed E-state index contributed by atoms with van der Waals surface area (Å²) in [6, 6.07) is 16.2. The van der Waals surface area contributed by atoms with Crippen LogP contribution in [0.1, 0.15) is 35.7 Å². The fourth-order valence-electron chi connectivity index (χ4n) is 2.26. The summed E-state index contributed by atoms with van der Waals surface area (Å²) in [7, 11) is 0. The highest BCUT2D eigenvalue weighted by Crippen LogP contribution is 2.11. The molecule has 0 heterocycles. The number of carbonyl (C=O) groups excluding carboxylic acids is 3. The predicted octanol–water partition coefficient (Wildman–Crippen LogP) is 2.90. The fourth-order valence-corrected chi connectivity index (χ4v) is 2.26. The lowest BCUT2D eigenvalue weighted by molar-refractivity contribution is -0.144. The minimum atomic E-state index is -0.395. The van der Waals surface area contributed by atoms with E-state index in [0.29, 0.717) is 24.4 Å². The second kappa shape index (κ2) is 9.98. The minimum absolute atomic E-state index is 0.0413. The van der Waals surface area contributed by atoms with Crippen molar-refractivity contribution < 1.29 is 19.1 Å². The maximum Gasteiger partial charge on any atom is 0.306 e. The molecular formula is C20H22N2O4. The highest BCUT2D eigenvalue weighted by molar-refractivity contribution is 5.96. The topological polar surface area (TPSA) is 84.5 Å². The molecule has 0 spiro atoms. The summed E-state index contributed by atoms with van der Waals surface area (Å²) in [5, 5.41) is 5.53. The van der Waals surface area contributed by atoms with Crippen molar-refractivity contribution in [3.63, 3.8) is 0 Å². The van der Waals surface area contributed by atoms with Gasteiger partial charge in [-0.15, -0.1) is 0 Å². The van der Waals surface area contributed by atoms with Gasteiger partial charge in [0.05, 0.1) is 13.0 Å². The monoisotopic (exact) mass is 354 g/mol. The molecular weight excluding hydrogens is 332 g/mol. The second-order valence-electron chi connectivity index (χ2n) is 5.60. The Morgan fingerprint density at radius 2 is 1.62 bits per heavy atom. The standard InChI is InChI=1S/C20H22N2O4/c1-2-26-19(24)13-12-18(23)22-17-10-8-16(9-11-17)20(25)21-14-15-6-4-3-5-7-15/h3-11H,2,12-14H2,1H3,(H,21,25)(H,22,23). The number of carbonyl (C=O) groups is 3. The van der Waals surface area contributed by atoms with Gasteiger partial charge in [0.1, 0.15) is 0 Å². The zero-order chi connectivity index (χ0) is 18.8. The van der Waals surface area contributed by atoms with Crippen LogP contribution in [0.2, 0.25) is 0 Å². The summed E-state index contributed by atoms with van der Waals surface area (Å²) in [6.07, 6.45) is 0.0950. The SMILES string of the molecule is CCOC(=O)CCC(=O)Nc1ccc(C(=O)NCc2ccccc2)cc1. The van der Waals surface area contributed by atoms with Crippen molar-refractivity contribution in [2.75, 3.05) is 11.9 Å². The molecule has 0 radical (unpaired) electrons. The van der Waals surface area contributed by atoms with E-state index < -0.39 is 5.97 Å². The molecule has 2 aromatic carbocycles. The third-order valence-corrected chi connectivity index (χ3v) is 3.59. The number of nitrogens with one attached hydrogen (secondary N) is 2. The Kier molecular flexibility index (Phi) is 7.36. The predicted molar refractivity (Wildman–Crippen MR) is 98.6 cm³/mol. The first-order chi connectivity index (χ1) is 12.6. The Labute approximate surface area is 152 Å². The van der Waals surface area contributed by atoms with Crippen molar-refractivity contribution >= 4 is 23.5 Å². The lowest BCUT2D eigenvalue weighted by atomic mass is 10.1. The van der Waals surface area contributed by atoms with Crippen LogP contribution < -0.4 is 10.6 Å². The quantitative estimate of drug-likeness (QED) is 0.714. The summed E-state index contributed by atoms with van der Waals surface area (Å²) in [4.78, 5) is 35.2. The molecule has 2 rings (SSSR count). The van der Waals surface area contributed by atoms with E-state index in [2.05, 4.69) is 10.6 Å². The zero-order valence-electron chi connectivity index (χ0n) is 14.7. The molecule has 0 aliphatic rings. The maximum absolute atomic E-state index is 12.1. The van der Waals surface area contributed by atoms with Gasteiger partial charge < -0.3 is 15.4 Å². The van der Waals surface area contributed by atoms with Crippen LogP contribution in [-0.4, -0.2) is 24.4 Å². The summed E-state index contributed by atoms with van der Waals surface area (Å²) in [5.74, 6) is -0.860. The first kappa shape index (κ1) is 19.2. The van der Waals surface area contributed by atoms with Crippen LogP contribution in [0.25, 0.3) is 0 Å². The van der Waals surface area contributed by atoms with Gasteiger partial charge in [-0.25, -0.2) is 0 Å². The third kappa shape index (κ3) is 6.39. The molecule has 0 saturated heterocycles. The van der Waals surface area contributed by atoms with Crippen LogP contribution in [0.3, 0.4) is 0 Å². The summed E-state index contributed by atoms with van der Waals surface area (Å²) < 4.78 is 4.78. The Morgan fingerprint density at radius 1 is 0.923 bits per heavy atom. The van der Waals surface area contributed by atoms with Gasteiger partial charge >= 0.3 is 5.97 Å². The third-order valence-electron chi connectivity index (χ3n) is 3.59. The number of amides is 2. The summed E-state index contributed by atoms with van der Waals surface area (Å²) in [6.45, 7) is 2.47. The van der Waals surface area contributed by atoms with Gasteiger partial charge in [-0.2, -0.15) is 0 Å². The molecule has 0 bridgehead atoms. The molecule has 6 nitrogen and oxygen atoms in total. The first-order valence-corrected chi connectivity index (χ1v) is 8.46. The number of rotatable bonds is 8. The molecule has 0 aromatic heterocycles. The lowest BCUT2D eigenvalue weighted by Gasteiger charge is -2.08. The number of hydrogen-bond donors (Lipinski definition) is 2. The summed E-state index contributed by atoms with van der Waals surface area (Å²) >= 11 is 0. The molecule has 0 saturated carbocycles. The number of esters is 1. The van der Waals surface area contributed by atoms with Crippen LogP contribution >= 0.6 is 0 Å². The average molecular weight is 354 g/mol. The second-order valence-corrected chi connectivity index (χ2v) is 5.60. The normalized spacial score (nSPS) is 10.0. The van der Waals surface area contributed by atoms with Crippen LogP contribution in [0.4, 0.5) is 5.69 Å². The van der Waals surface area contributed by atoms with Gasteiger partial charge in [-0.3, -0.25) is 14.4 Å². The van der Waals surface area contributed by atoms with E-state index in [1.807, 2.05) is 30.3 Å². The number of anilines is 1. The molecule has 2 N–H and O–H groups in total. The molecule has 136 valence electrons. The Hall–Kier alpha value is -3.15. The molecule has 0 atom stereocenters.